The van der Waals surface area contributed by atoms with Crippen LogP contribution in [0.2, 0.25) is 5.15 Å². The lowest BCUT2D eigenvalue weighted by Gasteiger charge is -2.06. The van der Waals surface area contributed by atoms with Crippen LogP contribution < -0.4 is 10.2 Å². The molecule has 0 fully saturated rings. The van der Waals surface area contributed by atoms with Gasteiger partial charge in [0.2, 0.25) is 0 Å². The highest BCUT2D eigenvalue weighted by atomic mass is 79.9. The number of benzene rings is 1. The topological polar surface area (TPSA) is 66.7 Å². The monoisotopic (exact) mass is 355 g/mol. The third kappa shape index (κ3) is 3.61. The largest absolute Gasteiger partial charge is 0.503 e. The molecule has 20 heavy (non-hydrogen) atoms. The summed E-state index contributed by atoms with van der Waals surface area (Å²) in [5, 5.41) is 14.1. The Morgan fingerprint density at radius 1 is 1.45 bits per heavy atom. The van der Waals surface area contributed by atoms with Crippen molar-refractivity contribution < 1.29 is 9.84 Å². The van der Waals surface area contributed by atoms with Crippen LogP contribution in [0.1, 0.15) is 5.56 Å². The molecule has 1 aromatic heterocycles. The van der Waals surface area contributed by atoms with E-state index in [2.05, 4.69) is 31.4 Å². The molecule has 0 aliphatic carbocycles. The van der Waals surface area contributed by atoms with Crippen LogP contribution in [0.4, 0.5) is 5.82 Å². The molecule has 2 N–H and O–H groups in total. The maximum Gasteiger partial charge on any atom is 0.172 e. The Morgan fingerprint density at radius 2 is 2.25 bits per heavy atom. The van der Waals surface area contributed by atoms with Crippen LogP contribution in [-0.4, -0.2) is 23.4 Å². The van der Waals surface area contributed by atoms with Gasteiger partial charge in [0.1, 0.15) is 11.0 Å². The fourth-order valence-electron chi connectivity index (χ4n) is 1.47. The SMILES string of the molecule is COc1cc(C=NNc2cccc(Cl)n2)cc(Br)c1O. The van der Waals surface area contributed by atoms with Gasteiger partial charge in [-0.3, -0.25) is 5.43 Å². The van der Waals surface area contributed by atoms with Gasteiger partial charge in [-0.1, -0.05) is 17.7 Å². The van der Waals surface area contributed by atoms with E-state index in [1.54, 1.807) is 36.5 Å². The molecule has 1 heterocycles. The van der Waals surface area contributed by atoms with E-state index in [1.165, 1.54) is 7.11 Å². The fraction of sp³-hybridized carbons (Fsp3) is 0.0769. The van der Waals surface area contributed by atoms with Crippen LogP contribution in [0.3, 0.4) is 0 Å². The van der Waals surface area contributed by atoms with Gasteiger partial charge < -0.3 is 9.84 Å². The van der Waals surface area contributed by atoms with Crippen molar-refractivity contribution in [2.24, 2.45) is 5.10 Å². The third-order valence-corrected chi connectivity index (χ3v) is 3.19. The van der Waals surface area contributed by atoms with Crippen molar-refractivity contribution in [1.82, 2.24) is 4.98 Å². The van der Waals surface area contributed by atoms with Crippen molar-refractivity contribution >= 4 is 39.6 Å². The summed E-state index contributed by atoms with van der Waals surface area (Å²) in [4.78, 5) is 4.04. The molecule has 0 saturated heterocycles. The lowest BCUT2D eigenvalue weighted by molar-refractivity contribution is 0.372. The minimum Gasteiger partial charge on any atom is -0.503 e. The first-order chi connectivity index (χ1) is 9.60. The highest BCUT2D eigenvalue weighted by molar-refractivity contribution is 9.10. The molecule has 104 valence electrons. The normalized spacial score (nSPS) is 10.8. The molecule has 2 aromatic rings. The Bertz CT molecular complexity index is 650. The summed E-state index contributed by atoms with van der Waals surface area (Å²) in [6.07, 6.45) is 1.58. The lowest BCUT2D eigenvalue weighted by atomic mass is 10.2. The first-order valence-corrected chi connectivity index (χ1v) is 6.75. The molecule has 0 aliphatic heterocycles. The minimum atomic E-state index is 0.0501. The van der Waals surface area contributed by atoms with E-state index in [0.717, 1.165) is 5.56 Å². The second-order valence-corrected chi connectivity index (χ2v) is 5.01. The molecule has 0 amide bonds. The molecule has 0 radical (unpaired) electrons. The summed E-state index contributed by atoms with van der Waals surface area (Å²) < 4.78 is 5.58. The number of pyridine rings is 1. The number of hydrazone groups is 1. The number of phenols is 1. The number of nitrogens with one attached hydrogen (secondary N) is 1. The van der Waals surface area contributed by atoms with E-state index in [-0.39, 0.29) is 5.75 Å². The summed E-state index contributed by atoms with van der Waals surface area (Å²) in [5.41, 5.74) is 3.51. The Hall–Kier alpha value is -1.79. The first kappa shape index (κ1) is 14.6. The number of methoxy groups -OCH3 is 1. The van der Waals surface area contributed by atoms with Crippen molar-refractivity contribution in [3.63, 3.8) is 0 Å². The molecule has 1 aromatic carbocycles. The van der Waals surface area contributed by atoms with E-state index < -0.39 is 0 Å². The Balaban J connectivity index is 2.14. The van der Waals surface area contributed by atoms with Gasteiger partial charge in [0.05, 0.1) is 17.8 Å². The number of anilines is 1. The second kappa shape index (κ2) is 6.58. The molecular formula is C13H11BrClN3O2. The van der Waals surface area contributed by atoms with Crippen molar-refractivity contribution in [1.29, 1.82) is 0 Å². The van der Waals surface area contributed by atoms with Crippen LogP contribution in [-0.2, 0) is 0 Å². The molecule has 0 saturated carbocycles. The number of rotatable bonds is 4. The van der Waals surface area contributed by atoms with Crippen LogP contribution in [0.25, 0.3) is 0 Å². The maximum atomic E-state index is 9.70. The number of nitrogens with zero attached hydrogens (tertiary/aromatic N) is 2. The molecule has 0 bridgehead atoms. The average Bonchev–Trinajstić information content (AvgIpc) is 2.42. The van der Waals surface area contributed by atoms with E-state index in [4.69, 9.17) is 16.3 Å². The van der Waals surface area contributed by atoms with Gasteiger partial charge >= 0.3 is 0 Å². The van der Waals surface area contributed by atoms with Crippen molar-refractivity contribution in [2.75, 3.05) is 12.5 Å². The quantitative estimate of drug-likeness (QED) is 0.498. The Labute approximate surface area is 129 Å². The highest BCUT2D eigenvalue weighted by Gasteiger charge is 2.07. The lowest BCUT2D eigenvalue weighted by Crippen LogP contribution is -1.94. The molecular weight excluding hydrogens is 346 g/mol. The summed E-state index contributed by atoms with van der Waals surface area (Å²) in [6, 6.07) is 8.58. The summed E-state index contributed by atoms with van der Waals surface area (Å²) in [6.45, 7) is 0. The van der Waals surface area contributed by atoms with Gasteiger partial charge in [-0.15, -0.1) is 0 Å². The zero-order valence-corrected chi connectivity index (χ0v) is 12.8. The van der Waals surface area contributed by atoms with Crippen molar-refractivity contribution in [2.45, 2.75) is 0 Å². The minimum absolute atomic E-state index is 0.0501. The van der Waals surface area contributed by atoms with Gasteiger partial charge in [0.15, 0.2) is 11.5 Å². The molecule has 0 aliphatic rings. The standard InChI is InChI=1S/C13H11BrClN3O2/c1-20-10-6-8(5-9(14)13(10)19)7-16-18-12-4-2-3-11(15)17-12/h2-7,19H,1H3,(H,17,18). The smallest absolute Gasteiger partial charge is 0.172 e. The summed E-state index contributed by atoms with van der Waals surface area (Å²) >= 11 is 9.01. The van der Waals surface area contributed by atoms with Crippen molar-refractivity contribution in [3.05, 3.63) is 45.5 Å². The van der Waals surface area contributed by atoms with Crippen LogP contribution in [0.15, 0.2) is 39.9 Å². The van der Waals surface area contributed by atoms with E-state index >= 15 is 0 Å². The second-order valence-electron chi connectivity index (χ2n) is 3.77. The van der Waals surface area contributed by atoms with Gasteiger partial charge in [-0.2, -0.15) is 5.10 Å². The zero-order valence-electron chi connectivity index (χ0n) is 10.5. The third-order valence-electron chi connectivity index (χ3n) is 2.38. The number of ether oxygens (including phenoxy) is 1. The molecule has 5 nitrogen and oxygen atoms in total. The predicted molar refractivity (Wildman–Crippen MR) is 82.8 cm³/mol. The van der Waals surface area contributed by atoms with Gasteiger partial charge in [0, 0.05) is 0 Å². The highest BCUT2D eigenvalue weighted by Crippen LogP contribution is 2.34. The Morgan fingerprint density at radius 3 is 2.95 bits per heavy atom. The summed E-state index contributed by atoms with van der Waals surface area (Å²) in [7, 11) is 1.48. The average molecular weight is 357 g/mol. The Kier molecular flexibility index (Phi) is 4.81. The van der Waals surface area contributed by atoms with Crippen LogP contribution >= 0.6 is 27.5 Å². The zero-order chi connectivity index (χ0) is 14.5. The van der Waals surface area contributed by atoms with Gasteiger partial charge in [-0.05, 0) is 45.8 Å². The number of hydrogen-bond donors (Lipinski definition) is 2. The van der Waals surface area contributed by atoms with Gasteiger partial charge in [-0.25, -0.2) is 4.98 Å². The fourth-order valence-corrected chi connectivity index (χ4v) is 2.09. The molecule has 0 unspecified atom stereocenters. The molecule has 0 spiro atoms. The molecule has 0 atom stereocenters. The maximum absolute atomic E-state index is 9.70. The first-order valence-electron chi connectivity index (χ1n) is 5.58. The van der Waals surface area contributed by atoms with E-state index in [0.29, 0.717) is 21.2 Å². The van der Waals surface area contributed by atoms with E-state index in [9.17, 15) is 5.11 Å². The van der Waals surface area contributed by atoms with Gasteiger partial charge in [0.25, 0.3) is 0 Å². The number of halogens is 2. The predicted octanol–water partition coefficient (Wildman–Crippen LogP) is 3.66. The number of aromatic nitrogens is 1. The van der Waals surface area contributed by atoms with Crippen LogP contribution in [0, 0.1) is 0 Å². The van der Waals surface area contributed by atoms with Crippen LogP contribution in [0.5, 0.6) is 11.5 Å². The molecule has 2 rings (SSSR count). The number of aromatic hydroxyl groups is 1. The summed E-state index contributed by atoms with van der Waals surface area (Å²) in [5.74, 6) is 0.953. The van der Waals surface area contributed by atoms with E-state index in [1.807, 2.05) is 0 Å². The van der Waals surface area contributed by atoms with Crippen molar-refractivity contribution in [3.8, 4) is 11.5 Å². The molecule has 7 heteroatoms. The number of phenolic OH excluding ortho intramolecular Hbond substituents is 1. The number of hydrogen-bond acceptors (Lipinski definition) is 5.